The van der Waals surface area contributed by atoms with Crippen LogP contribution in [0.3, 0.4) is 0 Å². The predicted octanol–water partition coefficient (Wildman–Crippen LogP) is 2.02. The summed E-state index contributed by atoms with van der Waals surface area (Å²) in [6.07, 6.45) is 3.85. The molecule has 20 heavy (non-hydrogen) atoms. The molecule has 0 spiro atoms. The quantitative estimate of drug-likeness (QED) is 0.785. The van der Waals surface area contributed by atoms with Crippen LogP contribution < -0.4 is 5.32 Å². The highest BCUT2D eigenvalue weighted by atomic mass is 19.1. The fourth-order valence-electron chi connectivity index (χ4n) is 4.14. The number of nitrogens with zero attached hydrogens (tertiary/aromatic N) is 1. The molecule has 3 heterocycles. The minimum absolute atomic E-state index is 0.0637. The average molecular weight is 274 g/mol. The van der Waals surface area contributed by atoms with Gasteiger partial charge in [0.1, 0.15) is 5.82 Å². The van der Waals surface area contributed by atoms with Crippen LogP contribution in [0.5, 0.6) is 0 Å². The molecule has 3 nitrogen and oxygen atoms in total. The maximum Gasteiger partial charge on any atom is 0.227 e. The van der Waals surface area contributed by atoms with E-state index in [1.165, 1.54) is 11.6 Å². The van der Waals surface area contributed by atoms with Crippen molar-refractivity contribution in [1.82, 2.24) is 10.2 Å². The van der Waals surface area contributed by atoms with Gasteiger partial charge in [-0.05, 0) is 55.5 Å². The van der Waals surface area contributed by atoms with Crippen molar-refractivity contribution < 1.29 is 9.18 Å². The summed E-state index contributed by atoms with van der Waals surface area (Å²) in [7, 11) is 0. The summed E-state index contributed by atoms with van der Waals surface area (Å²) in [4.78, 5) is 14.7. The van der Waals surface area contributed by atoms with Gasteiger partial charge in [0.05, 0.1) is 12.0 Å². The molecule has 2 fully saturated rings. The highest BCUT2D eigenvalue weighted by Gasteiger charge is 2.44. The third-order valence-corrected chi connectivity index (χ3v) is 5.13. The molecular weight excluding hydrogens is 255 g/mol. The first-order valence-electron chi connectivity index (χ1n) is 7.56. The topological polar surface area (TPSA) is 32.3 Å². The Kier molecular flexibility index (Phi) is 2.81. The van der Waals surface area contributed by atoms with Crippen molar-refractivity contribution in [2.45, 2.75) is 37.8 Å². The molecule has 3 aliphatic heterocycles. The Morgan fingerprint density at radius 1 is 1.35 bits per heavy atom. The zero-order valence-corrected chi connectivity index (χ0v) is 11.4. The predicted molar refractivity (Wildman–Crippen MR) is 73.7 cm³/mol. The first-order chi connectivity index (χ1) is 9.74. The monoisotopic (exact) mass is 274 g/mol. The highest BCUT2D eigenvalue weighted by Crippen LogP contribution is 2.41. The molecule has 0 bridgehead atoms. The summed E-state index contributed by atoms with van der Waals surface area (Å²) >= 11 is 0. The molecule has 2 saturated heterocycles. The maximum atomic E-state index is 13.6. The number of carbonyl (C=O) groups excluding carboxylic acids is 1. The molecule has 3 aliphatic rings. The van der Waals surface area contributed by atoms with Crippen LogP contribution in [0, 0.1) is 11.7 Å². The number of benzene rings is 1. The second-order valence-corrected chi connectivity index (χ2v) is 6.19. The van der Waals surface area contributed by atoms with Gasteiger partial charge in [-0.1, -0.05) is 6.07 Å². The molecular formula is C16H19FN2O. The summed E-state index contributed by atoms with van der Waals surface area (Å²) in [6, 6.07) is 5.37. The van der Waals surface area contributed by atoms with Gasteiger partial charge in [0.15, 0.2) is 0 Å². The van der Waals surface area contributed by atoms with E-state index in [9.17, 15) is 9.18 Å². The van der Waals surface area contributed by atoms with Gasteiger partial charge in [-0.2, -0.15) is 0 Å². The summed E-state index contributed by atoms with van der Waals surface area (Å²) < 4.78 is 13.6. The lowest BCUT2D eigenvalue weighted by molar-refractivity contribution is -0.145. The maximum absolute atomic E-state index is 13.6. The van der Waals surface area contributed by atoms with Gasteiger partial charge in [0.2, 0.25) is 5.91 Å². The zero-order chi connectivity index (χ0) is 13.7. The molecule has 1 aromatic carbocycles. The summed E-state index contributed by atoms with van der Waals surface area (Å²) in [5.74, 6) is 0.209. The summed E-state index contributed by atoms with van der Waals surface area (Å²) in [6.45, 7) is 1.78. The fourth-order valence-corrected chi connectivity index (χ4v) is 4.14. The molecule has 0 saturated carbocycles. The van der Waals surface area contributed by atoms with Gasteiger partial charge in [-0.15, -0.1) is 0 Å². The molecule has 0 aromatic heterocycles. The van der Waals surface area contributed by atoms with E-state index in [0.717, 1.165) is 44.3 Å². The highest BCUT2D eigenvalue weighted by molar-refractivity contribution is 5.81. The van der Waals surface area contributed by atoms with Crippen LogP contribution in [0.1, 0.15) is 36.4 Å². The van der Waals surface area contributed by atoms with Crippen LogP contribution in [-0.4, -0.2) is 29.9 Å². The van der Waals surface area contributed by atoms with Crippen molar-refractivity contribution in [3.8, 4) is 0 Å². The van der Waals surface area contributed by atoms with E-state index in [2.05, 4.69) is 5.32 Å². The minimum Gasteiger partial charge on any atom is -0.335 e. The molecule has 0 aliphatic carbocycles. The summed E-state index contributed by atoms with van der Waals surface area (Å²) in [5, 5.41) is 3.49. The second kappa shape index (κ2) is 4.55. The van der Waals surface area contributed by atoms with Gasteiger partial charge < -0.3 is 10.2 Å². The van der Waals surface area contributed by atoms with Crippen LogP contribution in [0.15, 0.2) is 18.2 Å². The number of nitrogens with one attached hydrogen (secondary N) is 1. The Labute approximate surface area is 118 Å². The number of halogens is 1. The number of fused-ring (bicyclic) bond motifs is 4. The molecule has 1 amide bonds. The van der Waals surface area contributed by atoms with E-state index in [4.69, 9.17) is 0 Å². The second-order valence-electron chi connectivity index (χ2n) is 6.19. The molecule has 3 unspecified atom stereocenters. The Balaban J connectivity index is 1.72. The number of rotatable bonds is 0. The molecule has 1 N–H and O–H groups in total. The van der Waals surface area contributed by atoms with E-state index in [0.29, 0.717) is 0 Å². The van der Waals surface area contributed by atoms with Gasteiger partial charge >= 0.3 is 0 Å². The standard InChI is InChI=1S/C16H19FN2O/c17-11-4-3-10-5-7-19-15(13(10)8-11)9-14-12(16(19)20)2-1-6-18-14/h3-4,8,12,14-15,18H,1-2,5-7,9H2. The zero-order valence-electron chi connectivity index (χ0n) is 11.4. The van der Waals surface area contributed by atoms with Crippen molar-refractivity contribution >= 4 is 5.91 Å². The number of carbonyl (C=O) groups is 1. The molecule has 4 rings (SSSR count). The van der Waals surface area contributed by atoms with Crippen LogP contribution in [0.25, 0.3) is 0 Å². The number of amides is 1. The summed E-state index contributed by atoms with van der Waals surface area (Å²) in [5.41, 5.74) is 2.23. The SMILES string of the molecule is O=C1C2CCCNC2CC2c3cc(F)ccc3CCN12. The van der Waals surface area contributed by atoms with E-state index in [-0.39, 0.29) is 29.7 Å². The third kappa shape index (κ3) is 1.78. The van der Waals surface area contributed by atoms with E-state index >= 15 is 0 Å². The smallest absolute Gasteiger partial charge is 0.227 e. The minimum atomic E-state index is -0.197. The lowest BCUT2D eigenvalue weighted by Gasteiger charge is -2.48. The average Bonchev–Trinajstić information content (AvgIpc) is 2.47. The van der Waals surface area contributed by atoms with Crippen LogP contribution in [0.4, 0.5) is 4.39 Å². The van der Waals surface area contributed by atoms with Gasteiger partial charge in [-0.25, -0.2) is 4.39 Å². The molecule has 3 atom stereocenters. The number of hydrogen-bond acceptors (Lipinski definition) is 2. The van der Waals surface area contributed by atoms with Gasteiger partial charge in [0, 0.05) is 12.6 Å². The van der Waals surface area contributed by atoms with E-state index in [1.54, 1.807) is 6.07 Å². The van der Waals surface area contributed by atoms with Crippen molar-refractivity contribution in [2.24, 2.45) is 5.92 Å². The Hall–Kier alpha value is -1.42. The lowest BCUT2D eigenvalue weighted by Crippen LogP contribution is -2.57. The third-order valence-electron chi connectivity index (χ3n) is 5.13. The first-order valence-corrected chi connectivity index (χ1v) is 7.56. The van der Waals surface area contributed by atoms with Crippen molar-refractivity contribution in [3.05, 3.63) is 35.1 Å². The normalized spacial score (nSPS) is 32.4. The largest absolute Gasteiger partial charge is 0.335 e. The van der Waals surface area contributed by atoms with Gasteiger partial charge in [0.25, 0.3) is 0 Å². The molecule has 4 heteroatoms. The first kappa shape index (κ1) is 12.3. The molecule has 106 valence electrons. The number of hydrogen-bond donors (Lipinski definition) is 1. The van der Waals surface area contributed by atoms with Crippen LogP contribution in [0.2, 0.25) is 0 Å². The number of piperidine rings is 2. The fraction of sp³-hybridized carbons (Fsp3) is 0.562. The van der Waals surface area contributed by atoms with Crippen molar-refractivity contribution in [2.75, 3.05) is 13.1 Å². The lowest BCUT2D eigenvalue weighted by atomic mass is 9.77. The Morgan fingerprint density at radius 2 is 2.25 bits per heavy atom. The van der Waals surface area contributed by atoms with Crippen molar-refractivity contribution in [1.29, 1.82) is 0 Å². The van der Waals surface area contributed by atoms with E-state index in [1.807, 2.05) is 11.0 Å². The van der Waals surface area contributed by atoms with Gasteiger partial charge in [-0.3, -0.25) is 4.79 Å². The van der Waals surface area contributed by atoms with Crippen LogP contribution >= 0.6 is 0 Å². The van der Waals surface area contributed by atoms with Crippen molar-refractivity contribution in [3.63, 3.8) is 0 Å². The Bertz CT molecular complexity index is 559. The molecule has 0 radical (unpaired) electrons. The van der Waals surface area contributed by atoms with Crippen LogP contribution in [-0.2, 0) is 11.2 Å². The van der Waals surface area contributed by atoms with E-state index < -0.39 is 0 Å². The Morgan fingerprint density at radius 3 is 3.15 bits per heavy atom. The molecule has 1 aromatic rings.